The maximum atomic E-state index is 13.6. The molecule has 0 aliphatic heterocycles. The Bertz CT molecular complexity index is 1520. The van der Waals surface area contributed by atoms with Crippen LogP contribution in [-0.4, -0.2) is 14.5 Å². The van der Waals surface area contributed by atoms with E-state index in [0.29, 0.717) is 16.7 Å². The van der Waals surface area contributed by atoms with E-state index in [1.807, 2.05) is 74.5 Å². The predicted octanol–water partition coefficient (Wildman–Crippen LogP) is 5.96. The average Bonchev–Trinajstić information content (AvgIpc) is 3.14. The van der Waals surface area contributed by atoms with Gasteiger partial charge in [0.2, 0.25) is 0 Å². The predicted molar refractivity (Wildman–Crippen MR) is 129 cm³/mol. The first-order valence-electron chi connectivity index (χ1n) is 10.4. The zero-order chi connectivity index (χ0) is 21.5. The second-order valence-corrected chi connectivity index (χ2v) is 7.97. The highest BCUT2D eigenvalue weighted by Crippen LogP contribution is 2.24. The Morgan fingerprint density at radius 3 is 2.42 bits per heavy atom. The molecule has 1 N–H and O–H groups in total. The number of para-hydroxylation sites is 3. The molecule has 152 valence electrons. The minimum absolute atomic E-state index is 0.0587. The van der Waals surface area contributed by atoms with E-state index in [9.17, 15) is 4.79 Å². The Hall–Kier alpha value is -3.92. The number of H-pyrrole nitrogens is 1. The van der Waals surface area contributed by atoms with Crippen molar-refractivity contribution in [3.05, 3.63) is 105 Å². The van der Waals surface area contributed by atoms with Gasteiger partial charge in [0.15, 0.2) is 0 Å². The quantitative estimate of drug-likeness (QED) is 0.402. The number of benzene rings is 3. The van der Waals surface area contributed by atoms with Gasteiger partial charge in [0.25, 0.3) is 5.56 Å². The molecule has 5 rings (SSSR count). The van der Waals surface area contributed by atoms with Gasteiger partial charge >= 0.3 is 0 Å². The Labute approximate surface area is 180 Å². The number of aryl methyl sites for hydroxylation is 3. The summed E-state index contributed by atoms with van der Waals surface area (Å²) in [6, 6.07) is 21.9. The van der Waals surface area contributed by atoms with Gasteiger partial charge in [-0.25, -0.2) is 4.98 Å². The molecular formula is C27H23N3O. The van der Waals surface area contributed by atoms with Crippen molar-refractivity contribution in [2.24, 2.45) is 0 Å². The standard InChI is InChI=1S/C27H23N3O/c1-17-8-6-9-18(2)26(17)30-24(29-23-13-5-4-12-22(23)27(30)31)15-14-20-10-7-11-21-16-19(3)28-25(20)21/h4-16,28H,1-3H3/b15-14+. The number of nitrogens with zero attached hydrogens (tertiary/aromatic N) is 2. The summed E-state index contributed by atoms with van der Waals surface area (Å²) in [5.74, 6) is 0.612. The Morgan fingerprint density at radius 2 is 1.61 bits per heavy atom. The van der Waals surface area contributed by atoms with Gasteiger partial charge in [-0.2, -0.15) is 0 Å². The smallest absolute Gasteiger partial charge is 0.266 e. The van der Waals surface area contributed by atoms with Gasteiger partial charge in [-0.3, -0.25) is 9.36 Å². The third-order valence-corrected chi connectivity index (χ3v) is 5.70. The van der Waals surface area contributed by atoms with E-state index >= 15 is 0 Å². The van der Waals surface area contributed by atoms with Gasteiger partial charge in [-0.05, 0) is 67.8 Å². The van der Waals surface area contributed by atoms with E-state index in [-0.39, 0.29) is 5.56 Å². The first kappa shape index (κ1) is 19.1. The van der Waals surface area contributed by atoms with Gasteiger partial charge in [-0.1, -0.05) is 48.5 Å². The number of rotatable bonds is 3. The molecule has 2 aromatic heterocycles. The summed E-state index contributed by atoms with van der Waals surface area (Å²) in [7, 11) is 0. The molecule has 3 aromatic carbocycles. The normalized spacial score (nSPS) is 11.7. The van der Waals surface area contributed by atoms with E-state index in [0.717, 1.165) is 33.6 Å². The summed E-state index contributed by atoms with van der Waals surface area (Å²) < 4.78 is 1.74. The van der Waals surface area contributed by atoms with Crippen LogP contribution in [-0.2, 0) is 0 Å². The number of nitrogens with one attached hydrogen (secondary N) is 1. The van der Waals surface area contributed by atoms with Crippen molar-refractivity contribution in [2.45, 2.75) is 20.8 Å². The fourth-order valence-corrected chi connectivity index (χ4v) is 4.26. The van der Waals surface area contributed by atoms with E-state index in [4.69, 9.17) is 4.98 Å². The number of hydrogen-bond acceptors (Lipinski definition) is 2. The topological polar surface area (TPSA) is 50.7 Å². The van der Waals surface area contributed by atoms with Gasteiger partial charge in [0.1, 0.15) is 5.82 Å². The lowest BCUT2D eigenvalue weighted by atomic mass is 10.1. The number of aromatic amines is 1. The van der Waals surface area contributed by atoms with Crippen molar-refractivity contribution in [3.63, 3.8) is 0 Å². The van der Waals surface area contributed by atoms with E-state index < -0.39 is 0 Å². The van der Waals surface area contributed by atoms with Crippen LogP contribution in [0, 0.1) is 20.8 Å². The molecule has 0 atom stereocenters. The number of fused-ring (bicyclic) bond motifs is 2. The van der Waals surface area contributed by atoms with Crippen molar-refractivity contribution in [3.8, 4) is 5.69 Å². The first-order chi connectivity index (χ1) is 15.0. The largest absolute Gasteiger partial charge is 0.358 e. The lowest BCUT2D eigenvalue weighted by Gasteiger charge is -2.16. The fraction of sp³-hybridized carbons (Fsp3) is 0.111. The van der Waals surface area contributed by atoms with Crippen LogP contribution in [0.4, 0.5) is 0 Å². The van der Waals surface area contributed by atoms with Crippen molar-refractivity contribution < 1.29 is 0 Å². The van der Waals surface area contributed by atoms with Gasteiger partial charge < -0.3 is 4.98 Å². The molecule has 0 unspecified atom stereocenters. The average molecular weight is 406 g/mol. The third kappa shape index (κ3) is 3.26. The Kier molecular flexibility index (Phi) is 4.55. The zero-order valence-corrected chi connectivity index (χ0v) is 17.8. The molecule has 0 aliphatic rings. The van der Waals surface area contributed by atoms with Crippen molar-refractivity contribution in [1.29, 1.82) is 0 Å². The van der Waals surface area contributed by atoms with Crippen LogP contribution in [0.25, 0.3) is 39.6 Å². The molecule has 31 heavy (non-hydrogen) atoms. The highest BCUT2D eigenvalue weighted by atomic mass is 16.1. The SMILES string of the molecule is Cc1cc2cccc(/C=C/c3nc4ccccc4c(=O)n3-c3c(C)cccc3C)c2[nH]1. The third-order valence-electron chi connectivity index (χ3n) is 5.70. The molecule has 0 spiro atoms. The zero-order valence-electron chi connectivity index (χ0n) is 17.8. The molecule has 4 nitrogen and oxygen atoms in total. The molecule has 0 saturated carbocycles. The summed E-state index contributed by atoms with van der Waals surface area (Å²) in [5.41, 5.74) is 6.86. The Balaban J connectivity index is 1.78. The summed E-state index contributed by atoms with van der Waals surface area (Å²) in [6.45, 7) is 6.11. The Morgan fingerprint density at radius 1 is 0.871 bits per heavy atom. The molecular weight excluding hydrogens is 382 g/mol. The van der Waals surface area contributed by atoms with Crippen LogP contribution < -0.4 is 5.56 Å². The molecule has 0 aliphatic carbocycles. The minimum Gasteiger partial charge on any atom is -0.358 e. The molecule has 0 bridgehead atoms. The molecule has 0 radical (unpaired) electrons. The second-order valence-electron chi connectivity index (χ2n) is 7.97. The number of hydrogen-bond donors (Lipinski definition) is 1. The molecule has 0 saturated heterocycles. The van der Waals surface area contributed by atoms with Crippen molar-refractivity contribution in [1.82, 2.24) is 14.5 Å². The molecule has 4 heteroatoms. The van der Waals surface area contributed by atoms with Crippen LogP contribution in [0.15, 0.2) is 71.5 Å². The monoisotopic (exact) mass is 405 g/mol. The lowest BCUT2D eigenvalue weighted by Crippen LogP contribution is -2.23. The van der Waals surface area contributed by atoms with Crippen LogP contribution in [0.1, 0.15) is 28.2 Å². The van der Waals surface area contributed by atoms with Crippen LogP contribution in [0.2, 0.25) is 0 Å². The maximum Gasteiger partial charge on any atom is 0.266 e. The molecule has 0 amide bonds. The minimum atomic E-state index is -0.0587. The lowest BCUT2D eigenvalue weighted by molar-refractivity contribution is 0.924. The summed E-state index contributed by atoms with van der Waals surface area (Å²) in [5, 5.41) is 1.78. The summed E-state index contributed by atoms with van der Waals surface area (Å²) in [4.78, 5) is 21.9. The van der Waals surface area contributed by atoms with Crippen LogP contribution in [0.5, 0.6) is 0 Å². The van der Waals surface area contributed by atoms with Gasteiger partial charge in [-0.15, -0.1) is 0 Å². The van der Waals surface area contributed by atoms with Crippen molar-refractivity contribution in [2.75, 3.05) is 0 Å². The van der Waals surface area contributed by atoms with Crippen LogP contribution in [0.3, 0.4) is 0 Å². The van der Waals surface area contributed by atoms with Crippen molar-refractivity contribution >= 4 is 34.0 Å². The van der Waals surface area contributed by atoms with E-state index in [1.165, 1.54) is 5.39 Å². The summed E-state index contributed by atoms with van der Waals surface area (Å²) >= 11 is 0. The second kappa shape index (κ2) is 7.40. The highest BCUT2D eigenvalue weighted by Gasteiger charge is 2.14. The van der Waals surface area contributed by atoms with Gasteiger partial charge in [0.05, 0.1) is 22.1 Å². The van der Waals surface area contributed by atoms with Gasteiger partial charge in [0, 0.05) is 11.1 Å². The molecule has 2 heterocycles. The van der Waals surface area contributed by atoms with E-state index in [2.05, 4.69) is 30.1 Å². The maximum absolute atomic E-state index is 13.6. The fourth-order valence-electron chi connectivity index (χ4n) is 4.26. The highest BCUT2D eigenvalue weighted by molar-refractivity contribution is 5.91. The summed E-state index contributed by atoms with van der Waals surface area (Å²) in [6.07, 6.45) is 3.96. The number of aromatic nitrogens is 3. The van der Waals surface area contributed by atoms with E-state index in [1.54, 1.807) is 4.57 Å². The first-order valence-corrected chi connectivity index (χ1v) is 10.4. The molecule has 0 fully saturated rings. The van der Waals surface area contributed by atoms with Crippen LogP contribution >= 0.6 is 0 Å². The molecule has 5 aromatic rings.